The number of unbranched alkanes of at least 4 members (excludes halogenated alkanes) is 6. The van der Waals surface area contributed by atoms with Crippen molar-refractivity contribution < 1.29 is 27.8 Å². The average Bonchev–Trinajstić information content (AvgIpc) is 2.55. The molecule has 0 aromatic heterocycles. The largest absolute Gasteiger partial charge is 0.508 e. The Kier molecular flexibility index (Phi) is 9.10. The van der Waals surface area contributed by atoms with Gasteiger partial charge in [-0.05, 0) is 43.2 Å². The van der Waals surface area contributed by atoms with Gasteiger partial charge < -0.3 is 9.84 Å². The van der Waals surface area contributed by atoms with E-state index in [4.69, 9.17) is 5.11 Å². The van der Waals surface area contributed by atoms with Crippen LogP contribution in [0.3, 0.4) is 0 Å². The van der Waals surface area contributed by atoms with E-state index in [1.807, 2.05) is 0 Å². The van der Waals surface area contributed by atoms with E-state index in [9.17, 15) is 18.0 Å². The molecule has 0 aliphatic carbocycles. The van der Waals surface area contributed by atoms with E-state index in [-0.39, 0.29) is 11.3 Å². The second-order valence-electron chi connectivity index (χ2n) is 5.90. The molecule has 0 fully saturated rings. The summed E-state index contributed by atoms with van der Waals surface area (Å²) < 4.78 is 43.6. The van der Waals surface area contributed by atoms with Gasteiger partial charge in [-0.3, -0.25) is 0 Å². The molecule has 0 heterocycles. The number of rotatable bonds is 10. The molecule has 1 aromatic rings. The molecule has 25 heavy (non-hydrogen) atoms. The molecule has 0 spiro atoms. The summed E-state index contributed by atoms with van der Waals surface area (Å²) in [6.07, 6.45) is 2.26. The number of carbonyl (C=O) groups excluding carboxylic acids is 1. The highest BCUT2D eigenvalue weighted by Crippen LogP contribution is 2.25. The van der Waals surface area contributed by atoms with Gasteiger partial charge in [-0.25, -0.2) is 4.79 Å². The molecule has 0 bridgehead atoms. The molecule has 0 radical (unpaired) electrons. The van der Waals surface area contributed by atoms with Crippen molar-refractivity contribution in [3.63, 3.8) is 0 Å². The molecule has 0 amide bonds. The summed E-state index contributed by atoms with van der Waals surface area (Å²) in [5.74, 6) is -1.16. The van der Waals surface area contributed by atoms with Crippen LogP contribution in [0.2, 0.25) is 0 Å². The molecular weight excluding hydrogens is 333 g/mol. The highest BCUT2D eigenvalue weighted by Gasteiger charge is 2.41. The van der Waals surface area contributed by atoms with Gasteiger partial charge in [-0.1, -0.05) is 45.1 Å². The third-order valence-electron chi connectivity index (χ3n) is 3.69. The lowest BCUT2D eigenvalue weighted by Gasteiger charge is -2.17. The summed E-state index contributed by atoms with van der Waals surface area (Å²) in [7, 11) is 0. The van der Waals surface area contributed by atoms with Gasteiger partial charge in [0.1, 0.15) is 5.75 Å². The normalized spacial score (nSPS) is 13.1. The zero-order valence-corrected chi connectivity index (χ0v) is 14.4. The summed E-state index contributed by atoms with van der Waals surface area (Å²) >= 11 is 0. The van der Waals surface area contributed by atoms with E-state index >= 15 is 0 Å². The van der Waals surface area contributed by atoms with Crippen molar-refractivity contribution in [3.8, 4) is 5.75 Å². The number of hydrogen-bond acceptors (Lipinski definition) is 3. The first kappa shape index (κ1) is 21.1. The smallest absolute Gasteiger partial charge is 0.429 e. The number of alkyl halides is 3. The number of aromatic hydroxyl groups is 1. The number of allylic oxidation sites excluding steroid dienone is 1. The molecule has 0 saturated heterocycles. The van der Waals surface area contributed by atoms with Crippen LogP contribution in [-0.2, 0) is 4.74 Å². The van der Waals surface area contributed by atoms with Crippen molar-refractivity contribution in [2.24, 2.45) is 0 Å². The van der Waals surface area contributed by atoms with Gasteiger partial charge in [0.05, 0.1) is 5.56 Å². The van der Waals surface area contributed by atoms with Gasteiger partial charge in [-0.15, -0.1) is 0 Å². The van der Waals surface area contributed by atoms with E-state index < -0.39 is 18.2 Å². The molecule has 0 saturated carbocycles. The van der Waals surface area contributed by atoms with Crippen molar-refractivity contribution in [2.75, 3.05) is 0 Å². The van der Waals surface area contributed by atoms with Crippen LogP contribution in [0.4, 0.5) is 13.2 Å². The lowest BCUT2D eigenvalue weighted by atomic mass is 10.1. The molecule has 1 aromatic carbocycles. The van der Waals surface area contributed by atoms with Crippen molar-refractivity contribution in [1.29, 1.82) is 0 Å². The number of carbonyl (C=O) groups is 1. The lowest BCUT2D eigenvalue weighted by molar-refractivity contribution is -0.189. The molecule has 140 valence electrons. The quantitative estimate of drug-likeness (QED) is 0.327. The van der Waals surface area contributed by atoms with E-state index in [2.05, 4.69) is 11.7 Å². The number of halogens is 3. The molecule has 1 atom stereocenters. The fourth-order valence-electron chi connectivity index (χ4n) is 2.26. The summed E-state index contributed by atoms with van der Waals surface area (Å²) in [6, 6.07) is 4.86. The van der Waals surface area contributed by atoms with Crippen LogP contribution >= 0.6 is 0 Å². The highest BCUT2D eigenvalue weighted by molar-refractivity contribution is 5.89. The SMILES string of the molecule is CCCCCCCC/C=C/C(OC(=O)c1ccc(O)cc1)C(F)(F)F. The van der Waals surface area contributed by atoms with E-state index in [1.165, 1.54) is 36.8 Å². The third-order valence-corrected chi connectivity index (χ3v) is 3.69. The van der Waals surface area contributed by atoms with Crippen molar-refractivity contribution in [3.05, 3.63) is 42.0 Å². The van der Waals surface area contributed by atoms with E-state index in [1.54, 1.807) is 0 Å². The lowest BCUT2D eigenvalue weighted by Crippen LogP contribution is -2.32. The van der Waals surface area contributed by atoms with E-state index in [0.29, 0.717) is 6.42 Å². The van der Waals surface area contributed by atoms with Crippen molar-refractivity contribution in [1.82, 2.24) is 0 Å². The van der Waals surface area contributed by atoms with Gasteiger partial charge in [0.2, 0.25) is 6.10 Å². The third kappa shape index (κ3) is 8.61. The Morgan fingerprint density at radius 2 is 1.72 bits per heavy atom. The van der Waals surface area contributed by atoms with Crippen molar-refractivity contribution >= 4 is 5.97 Å². The first-order valence-corrected chi connectivity index (χ1v) is 8.58. The second-order valence-corrected chi connectivity index (χ2v) is 5.90. The monoisotopic (exact) mass is 358 g/mol. The van der Waals surface area contributed by atoms with Crippen molar-refractivity contribution in [2.45, 2.75) is 64.1 Å². The number of ether oxygens (including phenoxy) is 1. The topological polar surface area (TPSA) is 46.5 Å². The van der Waals surface area contributed by atoms with Gasteiger partial charge in [0.15, 0.2) is 0 Å². The predicted octanol–water partition coefficient (Wildman–Crippen LogP) is 5.79. The standard InChI is InChI=1S/C19H25F3O3/c1-2-3-4-5-6-7-8-9-10-17(19(20,21)22)25-18(24)15-11-13-16(23)14-12-15/h9-14,17,23H,2-8H2,1H3/b10-9+. The number of hydrogen-bond donors (Lipinski definition) is 1. The zero-order valence-electron chi connectivity index (χ0n) is 14.4. The number of phenols is 1. The minimum absolute atomic E-state index is 0.0450. The maximum atomic E-state index is 13.0. The maximum absolute atomic E-state index is 13.0. The zero-order chi connectivity index (χ0) is 18.7. The fraction of sp³-hybridized carbons (Fsp3) is 0.526. The molecular formula is C19H25F3O3. The van der Waals surface area contributed by atoms with Gasteiger partial charge in [0.25, 0.3) is 0 Å². The summed E-state index contributed by atoms with van der Waals surface area (Å²) in [5, 5.41) is 9.14. The number of esters is 1. The Hall–Kier alpha value is -1.98. The highest BCUT2D eigenvalue weighted by atomic mass is 19.4. The van der Waals surface area contributed by atoms with Crippen LogP contribution in [0, 0.1) is 0 Å². The second kappa shape index (κ2) is 10.8. The summed E-state index contributed by atoms with van der Waals surface area (Å²) in [6.45, 7) is 2.12. The van der Waals surface area contributed by atoms with Gasteiger partial charge >= 0.3 is 12.1 Å². The summed E-state index contributed by atoms with van der Waals surface area (Å²) in [5.41, 5.74) is -0.0450. The molecule has 6 heteroatoms. The van der Waals surface area contributed by atoms with Crippen LogP contribution in [-0.4, -0.2) is 23.4 Å². The number of phenolic OH excluding ortho intramolecular Hbond substituents is 1. The Morgan fingerprint density at radius 3 is 2.32 bits per heavy atom. The molecule has 1 rings (SSSR count). The Labute approximate surface area is 146 Å². The van der Waals surface area contributed by atoms with E-state index in [0.717, 1.165) is 38.2 Å². The Bertz CT molecular complexity index is 536. The first-order chi connectivity index (χ1) is 11.8. The molecule has 0 aliphatic heterocycles. The molecule has 0 aliphatic rings. The fourth-order valence-corrected chi connectivity index (χ4v) is 2.26. The average molecular weight is 358 g/mol. The molecule has 1 N–H and O–H groups in total. The Balaban J connectivity index is 2.50. The summed E-state index contributed by atoms with van der Waals surface area (Å²) in [4.78, 5) is 11.8. The van der Waals surface area contributed by atoms with Crippen LogP contribution in [0.15, 0.2) is 36.4 Å². The van der Waals surface area contributed by atoms with Gasteiger partial charge in [0, 0.05) is 0 Å². The van der Waals surface area contributed by atoms with Gasteiger partial charge in [-0.2, -0.15) is 13.2 Å². The first-order valence-electron chi connectivity index (χ1n) is 8.58. The minimum atomic E-state index is -4.66. The maximum Gasteiger partial charge on any atom is 0.429 e. The molecule has 1 unspecified atom stereocenters. The Morgan fingerprint density at radius 1 is 1.12 bits per heavy atom. The number of benzene rings is 1. The van der Waals surface area contributed by atoms with Crippen LogP contribution in [0.25, 0.3) is 0 Å². The van der Waals surface area contributed by atoms with Crippen LogP contribution in [0.5, 0.6) is 5.75 Å². The van der Waals surface area contributed by atoms with Crippen LogP contribution in [0.1, 0.15) is 62.2 Å². The predicted molar refractivity (Wildman–Crippen MR) is 90.5 cm³/mol. The van der Waals surface area contributed by atoms with Crippen LogP contribution < -0.4 is 0 Å². The molecule has 3 nitrogen and oxygen atoms in total. The minimum Gasteiger partial charge on any atom is -0.508 e.